The normalized spacial score (nSPS) is 11.8. The van der Waals surface area contributed by atoms with E-state index >= 15 is 0 Å². The second-order valence-corrected chi connectivity index (χ2v) is 6.78. The number of halogens is 1. The SMILES string of the molecule is C[C@H](Oc1ccc(Br)cc1)C(=O)NCCOc1ccc2ccccc2c1. The summed E-state index contributed by atoms with van der Waals surface area (Å²) in [4.78, 5) is 12.1. The van der Waals surface area contributed by atoms with Crippen LogP contribution in [0.5, 0.6) is 11.5 Å². The molecule has 0 aliphatic carbocycles. The van der Waals surface area contributed by atoms with Crippen molar-refractivity contribution in [2.75, 3.05) is 13.2 Å². The van der Waals surface area contributed by atoms with Crippen LogP contribution in [-0.4, -0.2) is 25.2 Å². The molecule has 0 spiro atoms. The molecule has 1 atom stereocenters. The Kier molecular flexibility index (Phi) is 6.12. The van der Waals surface area contributed by atoms with Gasteiger partial charge in [0.25, 0.3) is 5.91 Å². The monoisotopic (exact) mass is 413 g/mol. The molecule has 26 heavy (non-hydrogen) atoms. The van der Waals surface area contributed by atoms with Gasteiger partial charge in [0.2, 0.25) is 0 Å². The molecule has 0 radical (unpaired) electrons. The van der Waals surface area contributed by atoms with Crippen molar-refractivity contribution in [3.63, 3.8) is 0 Å². The summed E-state index contributed by atoms with van der Waals surface area (Å²) in [6.45, 7) is 2.54. The summed E-state index contributed by atoms with van der Waals surface area (Å²) in [6.07, 6.45) is -0.572. The number of rotatable bonds is 7. The summed E-state index contributed by atoms with van der Waals surface area (Å²) in [5.41, 5.74) is 0. The van der Waals surface area contributed by atoms with Crippen LogP contribution in [0.3, 0.4) is 0 Å². The van der Waals surface area contributed by atoms with Gasteiger partial charge in [0, 0.05) is 4.47 Å². The minimum atomic E-state index is -0.572. The molecule has 3 aromatic rings. The first kappa shape index (κ1) is 18.3. The fraction of sp³-hybridized carbons (Fsp3) is 0.190. The third-order valence-electron chi connectivity index (χ3n) is 3.89. The van der Waals surface area contributed by atoms with Crippen molar-refractivity contribution in [2.24, 2.45) is 0 Å². The standard InChI is InChI=1S/C21H20BrNO3/c1-15(26-19-10-7-18(22)8-11-19)21(24)23-12-13-25-20-9-6-16-4-2-3-5-17(16)14-20/h2-11,14-15H,12-13H2,1H3,(H,23,24)/t15-/m0/s1. The molecule has 0 heterocycles. The Balaban J connectivity index is 1.43. The Morgan fingerprint density at radius 1 is 1.00 bits per heavy atom. The zero-order valence-electron chi connectivity index (χ0n) is 14.4. The molecule has 1 N–H and O–H groups in total. The Hall–Kier alpha value is -2.53. The van der Waals surface area contributed by atoms with Crippen LogP contribution in [0.2, 0.25) is 0 Å². The summed E-state index contributed by atoms with van der Waals surface area (Å²) in [5, 5.41) is 5.13. The lowest BCUT2D eigenvalue weighted by molar-refractivity contribution is -0.127. The number of carbonyl (C=O) groups is 1. The summed E-state index contributed by atoms with van der Waals surface area (Å²) < 4.78 is 12.3. The van der Waals surface area contributed by atoms with Crippen LogP contribution in [0.4, 0.5) is 0 Å². The van der Waals surface area contributed by atoms with E-state index in [4.69, 9.17) is 9.47 Å². The van der Waals surface area contributed by atoms with E-state index < -0.39 is 6.10 Å². The largest absolute Gasteiger partial charge is 0.492 e. The summed E-state index contributed by atoms with van der Waals surface area (Å²) in [7, 11) is 0. The van der Waals surface area contributed by atoms with Crippen LogP contribution in [-0.2, 0) is 4.79 Å². The van der Waals surface area contributed by atoms with Gasteiger partial charge < -0.3 is 14.8 Å². The Bertz CT molecular complexity index is 880. The molecule has 0 fully saturated rings. The Morgan fingerprint density at radius 3 is 2.46 bits per heavy atom. The van der Waals surface area contributed by atoms with Gasteiger partial charge in [-0.1, -0.05) is 46.3 Å². The first-order valence-corrected chi connectivity index (χ1v) is 9.23. The molecular weight excluding hydrogens is 394 g/mol. The van der Waals surface area contributed by atoms with Gasteiger partial charge in [0.15, 0.2) is 6.10 Å². The summed E-state index contributed by atoms with van der Waals surface area (Å²) >= 11 is 3.37. The maximum absolute atomic E-state index is 12.1. The maximum Gasteiger partial charge on any atom is 0.260 e. The minimum Gasteiger partial charge on any atom is -0.492 e. The highest BCUT2D eigenvalue weighted by atomic mass is 79.9. The lowest BCUT2D eigenvalue weighted by Crippen LogP contribution is -2.38. The van der Waals surface area contributed by atoms with Crippen molar-refractivity contribution in [3.05, 3.63) is 71.2 Å². The number of carbonyl (C=O) groups excluding carboxylic acids is 1. The van der Waals surface area contributed by atoms with Crippen LogP contribution in [0.1, 0.15) is 6.92 Å². The molecule has 0 aliphatic rings. The second kappa shape index (κ2) is 8.72. The highest BCUT2D eigenvalue weighted by Crippen LogP contribution is 2.20. The van der Waals surface area contributed by atoms with E-state index in [1.807, 2.05) is 60.7 Å². The third kappa shape index (κ3) is 4.99. The van der Waals surface area contributed by atoms with Gasteiger partial charge in [-0.25, -0.2) is 0 Å². The van der Waals surface area contributed by atoms with Crippen molar-refractivity contribution in [1.29, 1.82) is 0 Å². The molecule has 134 valence electrons. The van der Waals surface area contributed by atoms with Crippen molar-refractivity contribution in [1.82, 2.24) is 5.32 Å². The third-order valence-corrected chi connectivity index (χ3v) is 4.42. The van der Waals surface area contributed by atoms with E-state index in [0.717, 1.165) is 15.6 Å². The zero-order chi connectivity index (χ0) is 18.4. The van der Waals surface area contributed by atoms with Crippen LogP contribution in [0, 0.1) is 0 Å². The van der Waals surface area contributed by atoms with E-state index in [0.29, 0.717) is 18.9 Å². The van der Waals surface area contributed by atoms with Crippen molar-refractivity contribution in [3.8, 4) is 11.5 Å². The van der Waals surface area contributed by atoms with E-state index in [2.05, 4.69) is 27.3 Å². The average Bonchev–Trinajstić information content (AvgIpc) is 2.66. The van der Waals surface area contributed by atoms with Gasteiger partial charge in [-0.2, -0.15) is 0 Å². The molecular formula is C21H20BrNO3. The van der Waals surface area contributed by atoms with Crippen molar-refractivity contribution >= 4 is 32.6 Å². The molecule has 5 heteroatoms. The topological polar surface area (TPSA) is 47.6 Å². The fourth-order valence-corrected chi connectivity index (χ4v) is 2.78. The number of ether oxygens (including phenoxy) is 2. The fourth-order valence-electron chi connectivity index (χ4n) is 2.51. The first-order valence-electron chi connectivity index (χ1n) is 8.43. The van der Waals surface area contributed by atoms with Gasteiger partial charge in [-0.05, 0) is 54.1 Å². The summed E-state index contributed by atoms with van der Waals surface area (Å²) in [5.74, 6) is 1.27. The number of hydrogen-bond donors (Lipinski definition) is 1. The molecule has 0 unspecified atom stereocenters. The molecule has 0 bridgehead atoms. The van der Waals surface area contributed by atoms with Gasteiger partial charge in [0.1, 0.15) is 18.1 Å². The highest BCUT2D eigenvalue weighted by Gasteiger charge is 2.14. The van der Waals surface area contributed by atoms with Crippen LogP contribution >= 0.6 is 15.9 Å². The highest BCUT2D eigenvalue weighted by molar-refractivity contribution is 9.10. The molecule has 4 nitrogen and oxygen atoms in total. The smallest absolute Gasteiger partial charge is 0.260 e. The van der Waals surface area contributed by atoms with E-state index in [1.54, 1.807) is 6.92 Å². The average molecular weight is 414 g/mol. The van der Waals surface area contributed by atoms with Gasteiger partial charge in [-0.3, -0.25) is 4.79 Å². The van der Waals surface area contributed by atoms with Crippen molar-refractivity contribution in [2.45, 2.75) is 13.0 Å². The van der Waals surface area contributed by atoms with Crippen LogP contribution in [0.15, 0.2) is 71.2 Å². The molecule has 3 rings (SSSR count). The maximum atomic E-state index is 12.1. The number of benzene rings is 3. The Morgan fingerprint density at radius 2 is 1.69 bits per heavy atom. The predicted molar refractivity (Wildman–Crippen MR) is 107 cm³/mol. The minimum absolute atomic E-state index is 0.171. The molecule has 1 amide bonds. The Labute approximate surface area is 161 Å². The molecule has 0 aromatic heterocycles. The second-order valence-electron chi connectivity index (χ2n) is 5.86. The summed E-state index contributed by atoms with van der Waals surface area (Å²) in [6, 6.07) is 21.5. The van der Waals surface area contributed by atoms with E-state index in [9.17, 15) is 4.79 Å². The van der Waals surface area contributed by atoms with Crippen LogP contribution < -0.4 is 14.8 Å². The molecule has 3 aromatic carbocycles. The lowest BCUT2D eigenvalue weighted by atomic mass is 10.1. The number of fused-ring (bicyclic) bond motifs is 1. The van der Waals surface area contributed by atoms with Gasteiger partial charge >= 0.3 is 0 Å². The molecule has 0 aliphatic heterocycles. The first-order chi connectivity index (χ1) is 12.6. The quantitative estimate of drug-likeness (QED) is 0.577. The van der Waals surface area contributed by atoms with Crippen molar-refractivity contribution < 1.29 is 14.3 Å². The van der Waals surface area contributed by atoms with Crippen LogP contribution in [0.25, 0.3) is 10.8 Å². The van der Waals surface area contributed by atoms with Gasteiger partial charge in [-0.15, -0.1) is 0 Å². The lowest BCUT2D eigenvalue weighted by Gasteiger charge is -2.15. The zero-order valence-corrected chi connectivity index (χ0v) is 16.0. The number of hydrogen-bond acceptors (Lipinski definition) is 3. The van der Waals surface area contributed by atoms with Gasteiger partial charge in [0.05, 0.1) is 6.54 Å². The molecule has 0 saturated heterocycles. The number of amides is 1. The van der Waals surface area contributed by atoms with E-state index in [-0.39, 0.29) is 5.91 Å². The number of nitrogens with one attached hydrogen (secondary N) is 1. The van der Waals surface area contributed by atoms with E-state index in [1.165, 1.54) is 5.39 Å². The predicted octanol–water partition coefficient (Wildman–Crippen LogP) is 4.56. The molecule has 0 saturated carbocycles.